The Morgan fingerprint density at radius 2 is 2.06 bits per heavy atom. The summed E-state index contributed by atoms with van der Waals surface area (Å²) in [6.07, 6.45) is 0.131. The highest BCUT2D eigenvalue weighted by Gasteiger charge is 2.25. The minimum Gasteiger partial charge on any atom is -0.480 e. The Morgan fingerprint density at radius 3 is 2.44 bits per heavy atom. The Balaban J connectivity index is 4.68. The van der Waals surface area contributed by atoms with Crippen LogP contribution in [-0.4, -0.2) is 55.9 Å². The zero-order valence-corrected chi connectivity index (χ0v) is 10.7. The van der Waals surface area contributed by atoms with E-state index in [0.29, 0.717) is 6.42 Å². The van der Waals surface area contributed by atoms with Crippen LogP contribution >= 0.6 is 0 Å². The minimum absolute atomic E-state index is 0.198. The molecular weight excluding hydrogens is 234 g/mol. The van der Waals surface area contributed by atoms with E-state index in [4.69, 9.17) is 9.84 Å². The van der Waals surface area contributed by atoms with Crippen molar-refractivity contribution in [2.75, 3.05) is 26.0 Å². The first kappa shape index (κ1) is 15.3. The summed E-state index contributed by atoms with van der Waals surface area (Å²) in [6, 6.07) is 0. The molecule has 0 aliphatic heterocycles. The molecule has 0 heterocycles. The van der Waals surface area contributed by atoms with E-state index in [1.807, 2.05) is 0 Å². The second-order valence-electron chi connectivity index (χ2n) is 3.55. The topological polar surface area (TPSA) is 83.9 Å². The van der Waals surface area contributed by atoms with Crippen LogP contribution in [0.25, 0.3) is 0 Å². The van der Waals surface area contributed by atoms with E-state index < -0.39 is 28.6 Å². The number of aliphatic carboxylic acids is 1. The maximum absolute atomic E-state index is 11.8. The van der Waals surface area contributed by atoms with Gasteiger partial charge in [-0.3, -0.25) is 4.79 Å². The highest BCUT2D eigenvalue weighted by atomic mass is 32.2. The molecule has 96 valence electrons. The van der Waals surface area contributed by atoms with E-state index in [-0.39, 0.29) is 12.3 Å². The van der Waals surface area contributed by atoms with E-state index in [1.54, 1.807) is 13.8 Å². The van der Waals surface area contributed by atoms with Gasteiger partial charge in [-0.1, -0.05) is 6.92 Å². The minimum atomic E-state index is -3.56. The molecule has 0 aromatic heterocycles. The van der Waals surface area contributed by atoms with Gasteiger partial charge in [0.05, 0.1) is 11.9 Å². The summed E-state index contributed by atoms with van der Waals surface area (Å²) in [7, 11) is -2.15. The van der Waals surface area contributed by atoms with Gasteiger partial charge in [0.2, 0.25) is 10.0 Å². The highest BCUT2D eigenvalue weighted by Crippen LogP contribution is 2.06. The molecule has 16 heavy (non-hydrogen) atoms. The quantitative estimate of drug-likeness (QED) is 0.665. The second kappa shape index (κ2) is 6.82. The van der Waals surface area contributed by atoms with E-state index in [1.165, 1.54) is 7.11 Å². The molecule has 6 nitrogen and oxygen atoms in total. The monoisotopic (exact) mass is 253 g/mol. The molecule has 0 aromatic rings. The van der Waals surface area contributed by atoms with Crippen molar-refractivity contribution in [2.45, 2.75) is 26.4 Å². The van der Waals surface area contributed by atoms with Crippen molar-refractivity contribution in [3.8, 4) is 0 Å². The molecule has 0 rings (SSSR count). The molecule has 0 bridgehead atoms. The molecule has 0 amide bonds. The van der Waals surface area contributed by atoms with Crippen molar-refractivity contribution < 1.29 is 23.1 Å². The number of methoxy groups -OCH3 is 1. The summed E-state index contributed by atoms with van der Waals surface area (Å²) < 4.78 is 29.5. The van der Waals surface area contributed by atoms with E-state index in [0.717, 1.165) is 4.31 Å². The van der Waals surface area contributed by atoms with Crippen LogP contribution in [0.5, 0.6) is 0 Å². The Hall–Kier alpha value is -0.660. The van der Waals surface area contributed by atoms with Gasteiger partial charge in [-0.25, -0.2) is 8.42 Å². The summed E-state index contributed by atoms with van der Waals surface area (Å²) in [5.74, 6) is -1.35. The zero-order chi connectivity index (χ0) is 12.8. The van der Waals surface area contributed by atoms with Crippen molar-refractivity contribution >= 4 is 16.0 Å². The first-order valence-electron chi connectivity index (χ1n) is 5.05. The number of hydrogen-bond acceptors (Lipinski definition) is 4. The van der Waals surface area contributed by atoms with E-state index in [2.05, 4.69) is 0 Å². The number of carboxylic acids is 1. The highest BCUT2D eigenvalue weighted by molar-refractivity contribution is 7.89. The molecule has 0 saturated carbocycles. The van der Waals surface area contributed by atoms with Crippen molar-refractivity contribution in [3.63, 3.8) is 0 Å². The molecule has 0 aliphatic rings. The molecular formula is C9H19NO5S. The molecule has 0 radical (unpaired) electrons. The lowest BCUT2D eigenvalue weighted by Crippen LogP contribution is -2.40. The molecule has 1 atom stereocenters. The number of sulfonamides is 1. The first-order valence-corrected chi connectivity index (χ1v) is 6.66. The summed E-state index contributed by atoms with van der Waals surface area (Å²) in [5, 5.41) is 8.63. The third-order valence-electron chi connectivity index (χ3n) is 2.03. The molecule has 1 N–H and O–H groups in total. The summed E-state index contributed by atoms with van der Waals surface area (Å²) in [5.41, 5.74) is 0. The SMILES string of the molecule is CCCN(CC(=O)O)S(=O)(=O)CC(C)OC. The van der Waals surface area contributed by atoms with Crippen LogP contribution in [-0.2, 0) is 19.6 Å². The smallest absolute Gasteiger partial charge is 0.318 e. The number of rotatable bonds is 8. The second-order valence-corrected chi connectivity index (χ2v) is 5.57. The van der Waals surface area contributed by atoms with Gasteiger partial charge < -0.3 is 9.84 Å². The van der Waals surface area contributed by atoms with Crippen LogP contribution in [0.1, 0.15) is 20.3 Å². The number of carbonyl (C=O) groups is 1. The Kier molecular flexibility index (Phi) is 6.54. The summed E-state index contributed by atoms with van der Waals surface area (Å²) in [6.45, 7) is 3.14. The van der Waals surface area contributed by atoms with Gasteiger partial charge in [-0.15, -0.1) is 0 Å². The maximum atomic E-state index is 11.8. The average molecular weight is 253 g/mol. The summed E-state index contributed by atoms with van der Waals surface area (Å²) >= 11 is 0. The van der Waals surface area contributed by atoms with Crippen LogP contribution in [0.15, 0.2) is 0 Å². The Bertz CT molecular complexity index is 314. The van der Waals surface area contributed by atoms with Crippen molar-refractivity contribution in [1.29, 1.82) is 0 Å². The molecule has 0 spiro atoms. The Morgan fingerprint density at radius 1 is 1.50 bits per heavy atom. The largest absolute Gasteiger partial charge is 0.480 e. The molecule has 0 fully saturated rings. The lowest BCUT2D eigenvalue weighted by atomic mass is 10.5. The summed E-state index contributed by atoms with van der Waals surface area (Å²) in [4.78, 5) is 10.5. The van der Waals surface area contributed by atoms with Crippen molar-refractivity contribution in [3.05, 3.63) is 0 Å². The van der Waals surface area contributed by atoms with Crippen molar-refractivity contribution in [1.82, 2.24) is 4.31 Å². The number of ether oxygens (including phenoxy) is 1. The van der Waals surface area contributed by atoms with Gasteiger partial charge >= 0.3 is 5.97 Å². The first-order chi connectivity index (χ1) is 7.33. The van der Waals surface area contributed by atoms with Gasteiger partial charge in [0.1, 0.15) is 6.54 Å². The van der Waals surface area contributed by atoms with Gasteiger partial charge in [-0.05, 0) is 13.3 Å². The number of nitrogens with zero attached hydrogens (tertiary/aromatic N) is 1. The fourth-order valence-electron chi connectivity index (χ4n) is 1.19. The lowest BCUT2D eigenvalue weighted by Gasteiger charge is -2.21. The van der Waals surface area contributed by atoms with E-state index >= 15 is 0 Å². The molecule has 7 heteroatoms. The van der Waals surface area contributed by atoms with Gasteiger partial charge in [0.25, 0.3) is 0 Å². The molecule has 0 aromatic carbocycles. The third kappa shape index (κ3) is 5.43. The normalized spacial score (nSPS) is 14.0. The fraction of sp³-hybridized carbons (Fsp3) is 0.889. The van der Waals surface area contributed by atoms with Gasteiger partial charge in [-0.2, -0.15) is 4.31 Å². The number of carboxylic acid groups (broad SMARTS) is 1. The average Bonchev–Trinajstić information content (AvgIpc) is 2.15. The van der Waals surface area contributed by atoms with Gasteiger partial charge in [0.15, 0.2) is 0 Å². The maximum Gasteiger partial charge on any atom is 0.318 e. The fourth-order valence-corrected chi connectivity index (χ4v) is 2.89. The standard InChI is InChI=1S/C9H19NO5S/c1-4-5-10(6-9(11)12)16(13,14)7-8(2)15-3/h8H,4-7H2,1-3H3,(H,11,12). The molecule has 1 unspecified atom stereocenters. The van der Waals surface area contributed by atoms with Crippen LogP contribution < -0.4 is 0 Å². The zero-order valence-electron chi connectivity index (χ0n) is 9.84. The number of hydrogen-bond donors (Lipinski definition) is 1. The lowest BCUT2D eigenvalue weighted by molar-refractivity contribution is -0.137. The van der Waals surface area contributed by atoms with Crippen molar-refractivity contribution in [2.24, 2.45) is 0 Å². The third-order valence-corrected chi connectivity index (χ3v) is 4.01. The predicted octanol–water partition coefficient (Wildman–Crippen LogP) is 0.148. The Labute approximate surface area is 96.2 Å². The van der Waals surface area contributed by atoms with Gasteiger partial charge in [0, 0.05) is 13.7 Å². The van der Waals surface area contributed by atoms with E-state index in [9.17, 15) is 13.2 Å². The van der Waals surface area contributed by atoms with Crippen LogP contribution in [0.2, 0.25) is 0 Å². The van der Waals surface area contributed by atoms with Crippen LogP contribution in [0, 0.1) is 0 Å². The van der Waals surface area contributed by atoms with Crippen LogP contribution in [0.3, 0.4) is 0 Å². The molecule has 0 aliphatic carbocycles. The molecule has 0 saturated heterocycles. The predicted molar refractivity (Wildman–Crippen MR) is 59.8 cm³/mol. The van der Waals surface area contributed by atoms with Crippen LogP contribution in [0.4, 0.5) is 0 Å².